The molecule has 0 saturated carbocycles. The molecule has 0 amide bonds. The number of H-pyrrole nitrogens is 1. The summed E-state index contributed by atoms with van der Waals surface area (Å²) in [6.45, 7) is 4.81. The second-order valence-electron chi connectivity index (χ2n) is 8.18. The molecule has 0 fully saturated rings. The van der Waals surface area contributed by atoms with Crippen LogP contribution in [0.3, 0.4) is 0 Å². The number of aliphatic hydroxyl groups excluding tert-OH is 1. The van der Waals surface area contributed by atoms with E-state index in [-0.39, 0.29) is 6.61 Å². The van der Waals surface area contributed by atoms with Gasteiger partial charge in [0.25, 0.3) is 0 Å². The molecule has 2 N–H and O–H groups in total. The van der Waals surface area contributed by atoms with Gasteiger partial charge in [-0.1, -0.05) is 80.8 Å². The Balaban J connectivity index is 1.66. The molecule has 8 heteroatoms. The first-order chi connectivity index (χ1) is 16.1. The number of rotatable bonds is 10. The standard InChI is InChI=1S/C25H29ClN6O/c1-3-5-7-23-27-24(26)22(16-33)32(23)15-18-8-11-19(12-9-18)21-14-17(6-4-2)10-13-20(21)25-28-30-31-29-25/h8-14,33H,3-7,15-16H2,1-2H3,(H,28,29,30,31). The molecule has 0 radical (unpaired) electrons. The molecule has 0 aliphatic heterocycles. The lowest BCUT2D eigenvalue weighted by Crippen LogP contribution is -2.09. The van der Waals surface area contributed by atoms with Gasteiger partial charge in [0.15, 0.2) is 5.15 Å². The molecule has 0 saturated heterocycles. The summed E-state index contributed by atoms with van der Waals surface area (Å²) in [6.07, 6.45) is 5.05. The van der Waals surface area contributed by atoms with Gasteiger partial charge in [-0.15, -0.1) is 10.2 Å². The van der Waals surface area contributed by atoms with Crippen molar-refractivity contribution < 1.29 is 5.11 Å². The largest absolute Gasteiger partial charge is 0.390 e. The summed E-state index contributed by atoms with van der Waals surface area (Å²) in [7, 11) is 0. The van der Waals surface area contributed by atoms with Crippen molar-refractivity contribution in [1.29, 1.82) is 0 Å². The van der Waals surface area contributed by atoms with E-state index < -0.39 is 0 Å². The maximum Gasteiger partial charge on any atom is 0.205 e. The lowest BCUT2D eigenvalue weighted by atomic mass is 9.95. The molecule has 172 valence electrons. The predicted octanol–water partition coefficient (Wildman–Crippen LogP) is 5.22. The van der Waals surface area contributed by atoms with Crippen LogP contribution in [-0.2, 0) is 26.0 Å². The van der Waals surface area contributed by atoms with Gasteiger partial charge in [0, 0.05) is 18.5 Å². The van der Waals surface area contributed by atoms with E-state index in [4.69, 9.17) is 11.6 Å². The second kappa shape index (κ2) is 10.7. The lowest BCUT2D eigenvalue weighted by molar-refractivity contribution is 0.271. The van der Waals surface area contributed by atoms with Crippen LogP contribution in [0.2, 0.25) is 5.15 Å². The number of nitrogens with zero attached hydrogens (tertiary/aromatic N) is 5. The third-order valence-corrected chi connectivity index (χ3v) is 6.12. The number of aromatic nitrogens is 6. The number of imidazole rings is 1. The minimum absolute atomic E-state index is 0.131. The van der Waals surface area contributed by atoms with E-state index >= 15 is 0 Å². The van der Waals surface area contributed by atoms with Crippen LogP contribution >= 0.6 is 11.6 Å². The molecule has 0 unspecified atom stereocenters. The first-order valence-corrected chi connectivity index (χ1v) is 11.8. The van der Waals surface area contributed by atoms with Crippen molar-refractivity contribution in [3.63, 3.8) is 0 Å². The number of aromatic amines is 1. The molecule has 0 atom stereocenters. The number of unbranched alkanes of at least 4 members (excludes halogenated alkanes) is 1. The van der Waals surface area contributed by atoms with Crippen LogP contribution in [0.25, 0.3) is 22.5 Å². The number of hydrogen-bond acceptors (Lipinski definition) is 5. The molecule has 0 bridgehead atoms. The summed E-state index contributed by atoms with van der Waals surface area (Å²) in [5.74, 6) is 1.50. The highest BCUT2D eigenvalue weighted by atomic mass is 35.5. The second-order valence-corrected chi connectivity index (χ2v) is 8.53. The van der Waals surface area contributed by atoms with Crippen molar-refractivity contribution in [3.05, 3.63) is 70.3 Å². The molecule has 2 aromatic heterocycles. The van der Waals surface area contributed by atoms with Crippen LogP contribution in [0.4, 0.5) is 0 Å². The maximum atomic E-state index is 9.83. The lowest BCUT2D eigenvalue weighted by Gasteiger charge is -2.13. The minimum atomic E-state index is -0.131. The van der Waals surface area contributed by atoms with Gasteiger partial charge in [-0.2, -0.15) is 5.21 Å². The molecule has 2 heterocycles. The number of tetrazole rings is 1. The summed E-state index contributed by atoms with van der Waals surface area (Å²) in [6, 6.07) is 14.9. The third kappa shape index (κ3) is 5.15. The van der Waals surface area contributed by atoms with Crippen molar-refractivity contribution in [2.24, 2.45) is 0 Å². The van der Waals surface area contributed by atoms with Gasteiger partial charge >= 0.3 is 0 Å². The molecule has 33 heavy (non-hydrogen) atoms. The zero-order chi connectivity index (χ0) is 23.2. The monoisotopic (exact) mass is 464 g/mol. The topological polar surface area (TPSA) is 92.5 Å². The van der Waals surface area contributed by atoms with Gasteiger partial charge < -0.3 is 9.67 Å². The highest BCUT2D eigenvalue weighted by molar-refractivity contribution is 6.30. The van der Waals surface area contributed by atoms with Crippen molar-refractivity contribution in [3.8, 4) is 22.5 Å². The fourth-order valence-corrected chi connectivity index (χ4v) is 4.35. The van der Waals surface area contributed by atoms with Crippen molar-refractivity contribution in [2.75, 3.05) is 0 Å². The van der Waals surface area contributed by atoms with Crippen LogP contribution < -0.4 is 0 Å². The van der Waals surface area contributed by atoms with Gasteiger partial charge in [-0.25, -0.2) is 4.98 Å². The van der Waals surface area contributed by atoms with E-state index in [2.05, 4.69) is 81.9 Å². The molecular formula is C25H29ClN6O. The molecule has 0 spiro atoms. The Morgan fingerprint density at radius 1 is 0.970 bits per heavy atom. The fraction of sp³-hybridized carbons (Fsp3) is 0.360. The van der Waals surface area contributed by atoms with Gasteiger partial charge in [-0.3, -0.25) is 0 Å². The zero-order valence-corrected chi connectivity index (χ0v) is 19.8. The Morgan fingerprint density at radius 3 is 2.42 bits per heavy atom. The normalized spacial score (nSPS) is 11.3. The van der Waals surface area contributed by atoms with Crippen molar-refractivity contribution in [1.82, 2.24) is 30.2 Å². The molecule has 2 aromatic carbocycles. The summed E-state index contributed by atoms with van der Waals surface area (Å²) in [5, 5.41) is 24.9. The predicted molar refractivity (Wildman–Crippen MR) is 130 cm³/mol. The van der Waals surface area contributed by atoms with Gasteiger partial charge in [0.2, 0.25) is 5.82 Å². The van der Waals surface area contributed by atoms with Gasteiger partial charge in [0.05, 0.1) is 12.3 Å². The number of halogens is 1. The van der Waals surface area contributed by atoms with Crippen LogP contribution in [-0.4, -0.2) is 35.3 Å². The number of nitrogens with one attached hydrogen (secondary N) is 1. The molecule has 7 nitrogen and oxygen atoms in total. The van der Waals surface area contributed by atoms with E-state index in [1.165, 1.54) is 5.56 Å². The number of benzene rings is 2. The van der Waals surface area contributed by atoms with Crippen molar-refractivity contribution >= 4 is 11.6 Å². The Bertz CT molecular complexity index is 1180. The first-order valence-electron chi connectivity index (χ1n) is 11.4. The summed E-state index contributed by atoms with van der Waals surface area (Å²) in [4.78, 5) is 4.49. The SMILES string of the molecule is CCCCc1nc(Cl)c(CO)n1Cc1ccc(-c2cc(CCC)ccc2-c2nn[nH]n2)cc1. The van der Waals surface area contributed by atoms with Crippen LogP contribution in [0, 0.1) is 0 Å². The average molecular weight is 465 g/mol. The quantitative estimate of drug-likeness (QED) is 0.335. The summed E-state index contributed by atoms with van der Waals surface area (Å²) >= 11 is 6.30. The minimum Gasteiger partial charge on any atom is -0.390 e. The number of aryl methyl sites for hydroxylation is 2. The Kier molecular flexibility index (Phi) is 7.52. The van der Waals surface area contributed by atoms with E-state index in [1.54, 1.807) is 0 Å². The van der Waals surface area contributed by atoms with E-state index in [1.807, 2.05) is 4.57 Å². The Hall–Kier alpha value is -3.03. The number of hydrogen-bond donors (Lipinski definition) is 2. The molecule has 4 aromatic rings. The fourth-order valence-electron chi connectivity index (χ4n) is 4.09. The van der Waals surface area contributed by atoms with Crippen LogP contribution in [0.15, 0.2) is 42.5 Å². The number of aliphatic hydroxyl groups is 1. The van der Waals surface area contributed by atoms with E-state index in [9.17, 15) is 5.11 Å². The summed E-state index contributed by atoms with van der Waals surface area (Å²) in [5.41, 5.74) is 6.19. The smallest absolute Gasteiger partial charge is 0.205 e. The van der Waals surface area contributed by atoms with Gasteiger partial charge in [0.1, 0.15) is 5.82 Å². The zero-order valence-electron chi connectivity index (χ0n) is 19.1. The van der Waals surface area contributed by atoms with E-state index in [0.717, 1.165) is 60.2 Å². The average Bonchev–Trinajstić information content (AvgIpc) is 3.46. The highest BCUT2D eigenvalue weighted by Crippen LogP contribution is 2.32. The first kappa shape index (κ1) is 23.1. The molecule has 0 aliphatic rings. The molecule has 4 rings (SSSR count). The van der Waals surface area contributed by atoms with Gasteiger partial charge in [-0.05, 0) is 40.3 Å². The Morgan fingerprint density at radius 2 is 1.76 bits per heavy atom. The molecular weight excluding hydrogens is 436 g/mol. The highest BCUT2D eigenvalue weighted by Gasteiger charge is 2.16. The van der Waals surface area contributed by atoms with Crippen LogP contribution in [0.1, 0.15) is 55.8 Å². The third-order valence-electron chi connectivity index (χ3n) is 5.82. The summed E-state index contributed by atoms with van der Waals surface area (Å²) < 4.78 is 2.04. The Labute approximate surface area is 198 Å². The van der Waals surface area contributed by atoms with Crippen LogP contribution in [0.5, 0.6) is 0 Å². The maximum absolute atomic E-state index is 9.83. The van der Waals surface area contributed by atoms with Crippen molar-refractivity contribution in [2.45, 2.75) is 59.1 Å². The van der Waals surface area contributed by atoms with E-state index in [0.29, 0.717) is 23.2 Å². The molecule has 0 aliphatic carbocycles.